The Morgan fingerprint density at radius 2 is 1.86 bits per heavy atom. The fourth-order valence-corrected chi connectivity index (χ4v) is 4.83. The van der Waals surface area contributed by atoms with E-state index in [0.29, 0.717) is 35.8 Å². The zero-order valence-corrected chi connectivity index (χ0v) is 17.4. The zero-order chi connectivity index (χ0) is 21.0. The molecule has 1 atom stereocenters. The van der Waals surface area contributed by atoms with E-state index in [4.69, 9.17) is 16.3 Å². The minimum atomic E-state index is -1.78. The molecule has 3 rings (SSSR count). The van der Waals surface area contributed by atoms with Gasteiger partial charge in [-0.15, -0.1) is 0 Å². The molecular formula is C20H21ClF2N2O3S. The number of halogens is 3. The monoisotopic (exact) mass is 442 g/mol. The Labute approximate surface area is 175 Å². The van der Waals surface area contributed by atoms with Crippen LogP contribution in [0.1, 0.15) is 12.8 Å². The summed E-state index contributed by atoms with van der Waals surface area (Å²) in [7, 11) is -0.329. The minimum Gasteiger partial charge on any atom is -0.375 e. The molecule has 0 aromatic heterocycles. The van der Waals surface area contributed by atoms with Crippen LogP contribution in [0.5, 0.6) is 0 Å². The number of benzene rings is 2. The van der Waals surface area contributed by atoms with Crippen LogP contribution in [-0.4, -0.2) is 47.9 Å². The molecule has 0 N–H and O–H groups in total. The van der Waals surface area contributed by atoms with Crippen molar-refractivity contribution in [1.82, 2.24) is 4.90 Å². The number of methoxy groups -OCH3 is 1. The van der Waals surface area contributed by atoms with Gasteiger partial charge >= 0.3 is 0 Å². The largest absolute Gasteiger partial charge is 0.375 e. The molecule has 1 aliphatic rings. The quantitative estimate of drug-likeness (QED) is 0.684. The van der Waals surface area contributed by atoms with Crippen molar-refractivity contribution in [2.24, 2.45) is 0 Å². The second-order valence-electron chi connectivity index (χ2n) is 6.67. The summed E-state index contributed by atoms with van der Waals surface area (Å²) in [6.45, 7) is 0.819. The molecule has 1 unspecified atom stereocenters. The van der Waals surface area contributed by atoms with Crippen LogP contribution in [-0.2, 0) is 20.5 Å². The number of likely N-dealkylation sites (tertiary alicyclic amines) is 1. The van der Waals surface area contributed by atoms with E-state index in [-0.39, 0.29) is 24.2 Å². The molecule has 9 heteroatoms. The zero-order valence-electron chi connectivity index (χ0n) is 15.8. The molecule has 0 radical (unpaired) electrons. The molecule has 29 heavy (non-hydrogen) atoms. The number of amides is 1. The number of hydrogen-bond acceptors (Lipinski definition) is 3. The lowest BCUT2D eigenvalue weighted by atomic mass is 10.0. The molecule has 1 heterocycles. The van der Waals surface area contributed by atoms with Gasteiger partial charge in [-0.2, -0.15) is 0 Å². The van der Waals surface area contributed by atoms with Crippen molar-refractivity contribution in [3.05, 3.63) is 59.1 Å². The maximum Gasteiger partial charge on any atom is 0.248 e. The molecule has 0 bridgehead atoms. The van der Waals surface area contributed by atoms with Gasteiger partial charge in [-0.05, 0) is 49.2 Å². The second kappa shape index (κ2) is 9.65. The fraction of sp³-hybridized carbons (Fsp3) is 0.350. The molecule has 1 amide bonds. The number of nitrogens with zero attached hydrogens (tertiary/aromatic N) is 2. The molecule has 0 saturated carbocycles. The Morgan fingerprint density at radius 1 is 1.21 bits per heavy atom. The molecule has 1 aliphatic heterocycles. The van der Waals surface area contributed by atoms with E-state index in [1.807, 2.05) is 0 Å². The number of anilines is 1. The van der Waals surface area contributed by atoms with Crippen molar-refractivity contribution >= 4 is 34.2 Å². The predicted molar refractivity (Wildman–Crippen MR) is 108 cm³/mol. The molecule has 2 aromatic rings. The lowest BCUT2D eigenvalue weighted by Crippen LogP contribution is -2.48. The van der Waals surface area contributed by atoms with Crippen LogP contribution in [0.2, 0.25) is 5.02 Å². The lowest BCUT2D eigenvalue weighted by molar-refractivity contribution is -0.136. The molecular weight excluding hydrogens is 422 g/mol. The number of carbonyl (C=O) groups is 1. The molecule has 156 valence electrons. The van der Waals surface area contributed by atoms with Crippen LogP contribution in [0.4, 0.5) is 14.5 Å². The summed E-state index contributed by atoms with van der Waals surface area (Å²) >= 11 is 5.91. The van der Waals surface area contributed by atoms with Crippen LogP contribution < -0.4 is 4.31 Å². The average Bonchev–Trinajstić information content (AvgIpc) is 2.72. The number of carbonyl (C=O) groups excluding carboxylic acids is 1. The maximum absolute atomic E-state index is 14.6. The topological polar surface area (TPSA) is 49.9 Å². The van der Waals surface area contributed by atoms with Gasteiger partial charge in [0.2, 0.25) is 5.91 Å². The van der Waals surface area contributed by atoms with Gasteiger partial charge in [0, 0.05) is 37.3 Å². The summed E-state index contributed by atoms with van der Waals surface area (Å²) in [6, 6.07) is 9.14. The third-order valence-corrected chi connectivity index (χ3v) is 6.54. The van der Waals surface area contributed by atoms with E-state index in [9.17, 15) is 17.8 Å². The first-order valence-corrected chi connectivity index (χ1v) is 10.6. The number of ether oxygens (including phenoxy) is 1. The lowest BCUT2D eigenvalue weighted by Gasteiger charge is -2.38. The first-order chi connectivity index (χ1) is 13.9. The Hall–Kier alpha value is -2.03. The normalized spacial score (nSPS) is 15.9. The third-order valence-electron chi connectivity index (χ3n) is 4.76. The number of rotatable bonds is 6. The highest BCUT2D eigenvalue weighted by molar-refractivity contribution is 7.86. The van der Waals surface area contributed by atoms with E-state index in [0.717, 1.165) is 18.2 Å². The van der Waals surface area contributed by atoms with Crippen molar-refractivity contribution in [2.75, 3.05) is 31.1 Å². The minimum absolute atomic E-state index is 0.0103. The van der Waals surface area contributed by atoms with E-state index in [1.54, 1.807) is 29.2 Å². The molecule has 0 aliphatic carbocycles. The highest BCUT2D eigenvalue weighted by Crippen LogP contribution is 2.31. The first-order valence-electron chi connectivity index (χ1n) is 9.09. The average molecular weight is 443 g/mol. The van der Waals surface area contributed by atoms with E-state index < -0.39 is 22.6 Å². The van der Waals surface area contributed by atoms with Gasteiger partial charge in [0.05, 0.1) is 10.6 Å². The van der Waals surface area contributed by atoms with Crippen LogP contribution >= 0.6 is 11.6 Å². The van der Waals surface area contributed by atoms with Crippen molar-refractivity contribution in [1.29, 1.82) is 0 Å². The van der Waals surface area contributed by atoms with Crippen LogP contribution in [0.15, 0.2) is 47.4 Å². The standard InChI is InChI=1S/C20H21ClF2N2O3S/c1-28-13-20(26)24-10-8-16(9-11-24)25(19-12-15(22)4-7-18(19)23)29(27)17-5-2-14(21)3-6-17/h2-7,12,16H,8-11,13H2,1H3. The summed E-state index contributed by atoms with van der Waals surface area (Å²) < 4.78 is 48.1. The maximum atomic E-state index is 14.6. The van der Waals surface area contributed by atoms with Gasteiger partial charge in [0.15, 0.2) is 11.0 Å². The Kier molecular flexibility index (Phi) is 7.21. The number of piperidine rings is 1. The summed E-state index contributed by atoms with van der Waals surface area (Å²) in [5.41, 5.74) is -0.0695. The summed E-state index contributed by atoms with van der Waals surface area (Å²) in [4.78, 5) is 14.1. The fourth-order valence-electron chi connectivity index (χ4n) is 3.31. The van der Waals surface area contributed by atoms with Gasteiger partial charge in [-0.1, -0.05) is 11.6 Å². The molecule has 1 fully saturated rings. The van der Waals surface area contributed by atoms with Crippen molar-refractivity contribution in [3.8, 4) is 0 Å². The van der Waals surface area contributed by atoms with Crippen molar-refractivity contribution in [2.45, 2.75) is 23.8 Å². The SMILES string of the molecule is COCC(=O)N1CCC(N(c2cc(F)ccc2F)S(=O)c2ccc(Cl)cc2)CC1. The van der Waals surface area contributed by atoms with E-state index in [2.05, 4.69) is 0 Å². The number of hydrogen-bond donors (Lipinski definition) is 0. The third kappa shape index (κ3) is 5.12. The van der Waals surface area contributed by atoms with Crippen LogP contribution in [0.3, 0.4) is 0 Å². The van der Waals surface area contributed by atoms with Gasteiger partial charge in [0.25, 0.3) is 0 Å². The Balaban J connectivity index is 1.90. The van der Waals surface area contributed by atoms with Crippen molar-refractivity contribution < 1.29 is 22.5 Å². The molecule has 2 aromatic carbocycles. The van der Waals surface area contributed by atoms with E-state index >= 15 is 0 Å². The van der Waals surface area contributed by atoms with Crippen molar-refractivity contribution in [3.63, 3.8) is 0 Å². The van der Waals surface area contributed by atoms with Gasteiger partial charge in [0.1, 0.15) is 18.2 Å². The van der Waals surface area contributed by atoms with Gasteiger partial charge in [-0.3, -0.25) is 9.10 Å². The summed E-state index contributed by atoms with van der Waals surface area (Å²) in [5, 5.41) is 0.485. The van der Waals surface area contributed by atoms with E-state index in [1.165, 1.54) is 11.4 Å². The predicted octanol–water partition coefficient (Wildman–Crippen LogP) is 3.78. The first kappa shape index (κ1) is 21.7. The Bertz CT molecular complexity index is 890. The van der Waals surface area contributed by atoms with Gasteiger partial charge in [-0.25, -0.2) is 13.0 Å². The highest BCUT2D eigenvalue weighted by Gasteiger charge is 2.32. The molecule has 5 nitrogen and oxygen atoms in total. The summed E-state index contributed by atoms with van der Waals surface area (Å²) in [5.74, 6) is -1.41. The van der Waals surface area contributed by atoms with Gasteiger partial charge < -0.3 is 9.64 Å². The smallest absolute Gasteiger partial charge is 0.248 e. The van der Waals surface area contributed by atoms with Crippen LogP contribution in [0, 0.1) is 11.6 Å². The molecule has 0 spiro atoms. The second-order valence-corrected chi connectivity index (χ2v) is 8.47. The highest BCUT2D eigenvalue weighted by atomic mass is 35.5. The summed E-state index contributed by atoms with van der Waals surface area (Å²) in [6.07, 6.45) is 0.926. The van der Waals surface area contributed by atoms with Crippen LogP contribution in [0.25, 0.3) is 0 Å². The Morgan fingerprint density at radius 3 is 2.48 bits per heavy atom. The molecule has 1 saturated heterocycles.